The second kappa shape index (κ2) is 6.59. The Morgan fingerprint density at radius 1 is 1.14 bits per heavy atom. The molecule has 10 heteroatoms. The predicted octanol–water partition coefficient (Wildman–Crippen LogP) is 0.887. The van der Waals surface area contributed by atoms with Gasteiger partial charge in [-0.2, -0.15) is 4.57 Å². The van der Waals surface area contributed by atoms with Gasteiger partial charge in [0.15, 0.2) is 12.4 Å². The van der Waals surface area contributed by atoms with Crippen molar-refractivity contribution in [3.8, 4) is 5.69 Å². The molecule has 0 bridgehead atoms. The van der Waals surface area contributed by atoms with Crippen molar-refractivity contribution in [2.45, 2.75) is 0 Å². The first-order chi connectivity index (χ1) is 9.90. The fourth-order valence-corrected chi connectivity index (χ4v) is 1.75. The molecule has 2 rings (SSSR count). The minimum absolute atomic E-state index is 0. The smallest absolute Gasteiger partial charge is 0.347 e. The van der Waals surface area contributed by atoms with Crippen LogP contribution in [-0.2, 0) is 0 Å². The number of benzene rings is 1. The van der Waals surface area contributed by atoms with Gasteiger partial charge in [-0.15, -0.1) is 12.4 Å². The standard InChI is InChI=1S/C12H8N4O5.ClH/c13-12(17)8-2-1-5-14(7-8)10-4-3-9(15(18)19)6-11(10)16(20)21;/h1-7H,(H-,13,17);1H. The Labute approximate surface area is 129 Å². The van der Waals surface area contributed by atoms with Gasteiger partial charge in [0.25, 0.3) is 11.4 Å². The molecule has 0 amide bonds. The van der Waals surface area contributed by atoms with Crippen LogP contribution in [0.2, 0.25) is 0 Å². The van der Waals surface area contributed by atoms with Gasteiger partial charge in [-0.3, -0.25) is 20.2 Å². The normalized spacial score (nSPS) is 9.64. The van der Waals surface area contributed by atoms with E-state index in [0.29, 0.717) is 0 Å². The first kappa shape index (κ1) is 17.0. The first-order valence-electron chi connectivity index (χ1n) is 5.60. The lowest BCUT2D eigenvalue weighted by Crippen LogP contribution is -2.33. The Bertz CT molecular complexity index is 765. The highest BCUT2D eigenvalue weighted by Crippen LogP contribution is 2.24. The Balaban J connectivity index is 0.00000242. The summed E-state index contributed by atoms with van der Waals surface area (Å²) in [5.74, 6) is -0.936. The van der Waals surface area contributed by atoms with Crippen molar-refractivity contribution in [2.24, 2.45) is 0 Å². The van der Waals surface area contributed by atoms with Gasteiger partial charge in [-0.05, 0) is 12.0 Å². The molecule has 0 atom stereocenters. The van der Waals surface area contributed by atoms with E-state index in [1.807, 2.05) is 0 Å². The number of halogens is 1. The minimum atomic E-state index is -0.936. The van der Waals surface area contributed by atoms with E-state index in [4.69, 9.17) is 5.41 Å². The van der Waals surface area contributed by atoms with E-state index in [-0.39, 0.29) is 23.7 Å². The lowest BCUT2D eigenvalue weighted by Gasteiger charge is -2.05. The van der Waals surface area contributed by atoms with Gasteiger partial charge in [0.05, 0.1) is 9.85 Å². The van der Waals surface area contributed by atoms with E-state index in [2.05, 4.69) is 0 Å². The molecule has 0 aliphatic carbocycles. The average molecular weight is 325 g/mol. The molecule has 0 saturated heterocycles. The molecule has 9 nitrogen and oxygen atoms in total. The van der Waals surface area contributed by atoms with E-state index in [9.17, 15) is 25.3 Å². The molecule has 0 unspecified atom stereocenters. The zero-order chi connectivity index (χ0) is 15.6. The molecule has 2 aromatic rings. The number of nitrogens with zero attached hydrogens (tertiary/aromatic N) is 3. The van der Waals surface area contributed by atoms with Gasteiger partial charge in [0.2, 0.25) is 0 Å². The van der Waals surface area contributed by atoms with Crippen LogP contribution in [0.4, 0.5) is 11.4 Å². The van der Waals surface area contributed by atoms with Gasteiger partial charge in [0.1, 0.15) is 6.07 Å². The zero-order valence-corrected chi connectivity index (χ0v) is 11.6. The zero-order valence-electron chi connectivity index (χ0n) is 10.8. The van der Waals surface area contributed by atoms with Gasteiger partial charge in [0, 0.05) is 23.8 Å². The van der Waals surface area contributed by atoms with Crippen LogP contribution in [0.15, 0.2) is 42.7 Å². The van der Waals surface area contributed by atoms with Crippen LogP contribution in [0, 0.1) is 25.6 Å². The summed E-state index contributed by atoms with van der Waals surface area (Å²) in [6.07, 6.45) is 2.70. The van der Waals surface area contributed by atoms with Crippen LogP contribution in [0.1, 0.15) is 5.56 Å². The van der Waals surface area contributed by atoms with Crippen LogP contribution >= 0.6 is 12.4 Å². The molecule has 0 aliphatic heterocycles. The molecule has 1 heterocycles. The van der Waals surface area contributed by atoms with Crippen LogP contribution < -0.4 is 9.67 Å². The number of aromatic nitrogens is 1. The molecule has 0 radical (unpaired) electrons. The van der Waals surface area contributed by atoms with Gasteiger partial charge in [-0.25, -0.2) is 0 Å². The lowest BCUT2D eigenvalue weighted by atomic mass is 10.2. The van der Waals surface area contributed by atoms with Crippen LogP contribution in [-0.4, -0.2) is 15.7 Å². The maximum Gasteiger partial charge on any atom is 0.347 e. The SMILES string of the molecule is Cl.N=C([O-])c1ccc[n+](-c2ccc([N+](=O)[O-])cc2[N+](=O)[O-])c1. The quantitative estimate of drug-likeness (QED) is 0.292. The maximum absolute atomic E-state index is 11.1. The van der Waals surface area contributed by atoms with Crippen molar-refractivity contribution in [1.82, 2.24) is 0 Å². The van der Waals surface area contributed by atoms with E-state index in [1.54, 1.807) is 0 Å². The van der Waals surface area contributed by atoms with Crippen molar-refractivity contribution in [3.05, 3.63) is 68.5 Å². The fourth-order valence-electron chi connectivity index (χ4n) is 1.75. The second-order valence-corrected chi connectivity index (χ2v) is 4.02. The van der Waals surface area contributed by atoms with Crippen LogP contribution in [0.3, 0.4) is 0 Å². The van der Waals surface area contributed by atoms with Crippen molar-refractivity contribution < 1.29 is 19.5 Å². The summed E-state index contributed by atoms with van der Waals surface area (Å²) in [6, 6.07) is 6.03. The molecule has 0 fully saturated rings. The average Bonchev–Trinajstić information content (AvgIpc) is 2.46. The van der Waals surface area contributed by atoms with E-state index < -0.39 is 27.1 Å². The monoisotopic (exact) mass is 324 g/mol. The number of nitro groups is 2. The van der Waals surface area contributed by atoms with Crippen LogP contribution in [0.5, 0.6) is 0 Å². The van der Waals surface area contributed by atoms with E-state index >= 15 is 0 Å². The fraction of sp³-hybridized carbons (Fsp3) is 0. The number of rotatable bonds is 4. The first-order valence-corrected chi connectivity index (χ1v) is 5.60. The molecule has 0 spiro atoms. The highest BCUT2D eigenvalue weighted by Gasteiger charge is 2.26. The van der Waals surface area contributed by atoms with E-state index in [0.717, 1.165) is 12.1 Å². The van der Waals surface area contributed by atoms with Crippen molar-refractivity contribution >= 4 is 29.7 Å². The number of hydrogen-bond donors (Lipinski definition) is 1. The maximum atomic E-state index is 11.1. The highest BCUT2D eigenvalue weighted by atomic mass is 35.5. The number of hydrogen-bond acceptors (Lipinski definition) is 6. The summed E-state index contributed by atoms with van der Waals surface area (Å²) >= 11 is 0. The topological polar surface area (TPSA) is 137 Å². The molecular weight excluding hydrogens is 316 g/mol. The Hall–Kier alpha value is -3.07. The van der Waals surface area contributed by atoms with Gasteiger partial charge >= 0.3 is 5.69 Å². The molecule has 22 heavy (non-hydrogen) atoms. The summed E-state index contributed by atoms with van der Waals surface area (Å²) in [6.45, 7) is 0. The molecule has 1 N–H and O–H groups in total. The predicted molar refractivity (Wildman–Crippen MR) is 75.4 cm³/mol. The third-order valence-corrected chi connectivity index (χ3v) is 2.71. The number of pyridine rings is 1. The third kappa shape index (κ3) is 3.33. The van der Waals surface area contributed by atoms with E-state index in [1.165, 1.54) is 35.2 Å². The van der Waals surface area contributed by atoms with Gasteiger partial charge in [-0.1, -0.05) is 0 Å². The number of nitrogens with one attached hydrogen (secondary N) is 1. The summed E-state index contributed by atoms with van der Waals surface area (Å²) in [4.78, 5) is 20.3. The minimum Gasteiger partial charge on any atom is -0.859 e. The Kier molecular flexibility index (Phi) is 5.09. The molecular formula is C12H9ClN4O5. The summed E-state index contributed by atoms with van der Waals surface area (Å²) in [5.41, 5.74) is -0.763. The Morgan fingerprint density at radius 3 is 2.36 bits per heavy atom. The second-order valence-electron chi connectivity index (χ2n) is 4.02. The molecule has 0 saturated carbocycles. The summed E-state index contributed by atoms with van der Waals surface area (Å²) in [7, 11) is 0. The Morgan fingerprint density at radius 2 is 1.82 bits per heavy atom. The molecule has 0 aliphatic rings. The van der Waals surface area contributed by atoms with Crippen molar-refractivity contribution in [3.63, 3.8) is 0 Å². The highest BCUT2D eigenvalue weighted by molar-refractivity contribution is 5.87. The summed E-state index contributed by atoms with van der Waals surface area (Å²) < 4.78 is 1.27. The lowest BCUT2D eigenvalue weighted by molar-refractivity contribution is -0.601. The third-order valence-electron chi connectivity index (χ3n) is 2.71. The van der Waals surface area contributed by atoms with Crippen LogP contribution in [0.25, 0.3) is 5.69 Å². The number of non-ortho nitro benzene ring substituents is 1. The van der Waals surface area contributed by atoms with Crippen molar-refractivity contribution in [2.75, 3.05) is 0 Å². The van der Waals surface area contributed by atoms with Crippen molar-refractivity contribution in [1.29, 1.82) is 5.41 Å². The molecule has 114 valence electrons. The molecule has 1 aromatic heterocycles. The molecule has 1 aromatic carbocycles. The number of nitro benzene ring substituents is 2. The van der Waals surface area contributed by atoms with Gasteiger partial charge < -0.3 is 10.5 Å². The summed E-state index contributed by atoms with van der Waals surface area (Å²) in [5, 5.41) is 39.8. The largest absolute Gasteiger partial charge is 0.859 e.